The number of hydrogen-bond donors (Lipinski definition) is 2. The smallest absolute Gasteiger partial charge is 0.0449 e. The standard InChI is InChI=1S/C13H19IN2O/c14-12-3-1-11(2-4-12)13(5-10-17)16-8-6-15-7-9-16/h1-4,13,15,17H,5-10H2/t13-/m0/s1. The van der Waals surface area contributed by atoms with E-state index in [1.54, 1.807) is 0 Å². The van der Waals surface area contributed by atoms with Crippen LogP contribution in [0.25, 0.3) is 0 Å². The van der Waals surface area contributed by atoms with Crippen molar-refractivity contribution in [1.29, 1.82) is 0 Å². The average molecular weight is 346 g/mol. The van der Waals surface area contributed by atoms with Crippen molar-refractivity contribution in [2.24, 2.45) is 0 Å². The van der Waals surface area contributed by atoms with Gasteiger partial charge in [-0.2, -0.15) is 0 Å². The molecule has 0 aliphatic carbocycles. The molecular weight excluding hydrogens is 327 g/mol. The number of hydrogen-bond acceptors (Lipinski definition) is 3. The van der Waals surface area contributed by atoms with E-state index < -0.39 is 0 Å². The molecule has 2 N–H and O–H groups in total. The van der Waals surface area contributed by atoms with Crippen molar-refractivity contribution in [3.63, 3.8) is 0 Å². The lowest BCUT2D eigenvalue weighted by Gasteiger charge is -2.35. The summed E-state index contributed by atoms with van der Waals surface area (Å²) in [6.07, 6.45) is 0.820. The molecule has 0 saturated carbocycles. The van der Waals surface area contributed by atoms with Gasteiger partial charge in [-0.1, -0.05) is 12.1 Å². The molecule has 1 heterocycles. The fourth-order valence-corrected chi connectivity index (χ4v) is 2.72. The van der Waals surface area contributed by atoms with Crippen LogP contribution >= 0.6 is 22.6 Å². The quantitative estimate of drug-likeness (QED) is 0.814. The van der Waals surface area contributed by atoms with Crippen molar-refractivity contribution >= 4 is 22.6 Å². The van der Waals surface area contributed by atoms with Crippen molar-refractivity contribution in [2.75, 3.05) is 32.8 Å². The topological polar surface area (TPSA) is 35.5 Å². The van der Waals surface area contributed by atoms with Crippen LogP contribution in [0.15, 0.2) is 24.3 Å². The molecule has 94 valence electrons. The minimum atomic E-state index is 0.251. The minimum Gasteiger partial charge on any atom is -0.396 e. The van der Waals surface area contributed by atoms with Gasteiger partial charge in [0, 0.05) is 42.4 Å². The zero-order valence-corrected chi connectivity index (χ0v) is 12.1. The molecule has 1 aliphatic heterocycles. The predicted octanol–water partition coefficient (Wildman–Crippen LogP) is 1.62. The van der Waals surface area contributed by atoms with Gasteiger partial charge in [-0.15, -0.1) is 0 Å². The molecule has 3 nitrogen and oxygen atoms in total. The number of nitrogens with one attached hydrogen (secondary N) is 1. The molecule has 0 amide bonds. The highest BCUT2D eigenvalue weighted by Crippen LogP contribution is 2.25. The first-order valence-corrected chi connectivity index (χ1v) is 7.20. The number of benzene rings is 1. The highest BCUT2D eigenvalue weighted by molar-refractivity contribution is 14.1. The third kappa shape index (κ3) is 3.64. The normalized spacial score (nSPS) is 19.2. The summed E-state index contributed by atoms with van der Waals surface area (Å²) in [4.78, 5) is 2.47. The number of aliphatic hydroxyl groups is 1. The van der Waals surface area contributed by atoms with Gasteiger partial charge in [-0.3, -0.25) is 4.90 Å². The number of halogens is 1. The summed E-state index contributed by atoms with van der Waals surface area (Å²) in [6, 6.07) is 9.01. The molecule has 0 spiro atoms. The molecule has 2 rings (SSSR count). The minimum absolute atomic E-state index is 0.251. The van der Waals surface area contributed by atoms with Crippen LogP contribution < -0.4 is 5.32 Å². The largest absolute Gasteiger partial charge is 0.396 e. The van der Waals surface area contributed by atoms with E-state index in [0.29, 0.717) is 6.04 Å². The molecule has 0 bridgehead atoms. The summed E-state index contributed by atoms with van der Waals surface area (Å²) < 4.78 is 1.26. The molecule has 1 fully saturated rings. The monoisotopic (exact) mass is 346 g/mol. The van der Waals surface area contributed by atoms with Crippen LogP contribution in [0.5, 0.6) is 0 Å². The molecule has 0 unspecified atom stereocenters. The molecule has 0 aromatic heterocycles. The average Bonchev–Trinajstić information content (AvgIpc) is 2.38. The van der Waals surface area contributed by atoms with Gasteiger partial charge in [0.15, 0.2) is 0 Å². The van der Waals surface area contributed by atoms with E-state index in [-0.39, 0.29) is 6.61 Å². The van der Waals surface area contributed by atoms with E-state index in [2.05, 4.69) is 57.1 Å². The van der Waals surface area contributed by atoms with Crippen LogP contribution in [-0.4, -0.2) is 42.8 Å². The molecule has 1 aromatic rings. The first kappa shape index (κ1) is 13.3. The Morgan fingerprint density at radius 3 is 2.47 bits per heavy atom. The summed E-state index contributed by atoms with van der Waals surface area (Å²) >= 11 is 2.32. The SMILES string of the molecule is OCC[C@@H](c1ccc(I)cc1)N1CCNCC1. The first-order chi connectivity index (χ1) is 8.31. The Hall–Kier alpha value is -0.170. The van der Waals surface area contributed by atoms with E-state index in [1.807, 2.05) is 0 Å². The fraction of sp³-hybridized carbons (Fsp3) is 0.538. The van der Waals surface area contributed by atoms with Gasteiger partial charge in [-0.25, -0.2) is 0 Å². The van der Waals surface area contributed by atoms with Crippen LogP contribution in [0.2, 0.25) is 0 Å². The third-order valence-corrected chi connectivity index (χ3v) is 3.97. The molecule has 0 radical (unpaired) electrons. The summed E-state index contributed by atoms with van der Waals surface area (Å²) in [7, 11) is 0. The molecule has 1 aliphatic rings. The molecule has 1 aromatic carbocycles. The van der Waals surface area contributed by atoms with E-state index >= 15 is 0 Å². The van der Waals surface area contributed by atoms with Crippen molar-refractivity contribution in [1.82, 2.24) is 10.2 Å². The van der Waals surface area contributed by atoms with Gasteiger partial charge < -0.3 is 10.4 Å². The number of aliphatic hydroxyl groups excluding tert-OH is 1. The van der Waals surface area contributed by atoms with E-state index in [9.17, 15) is 5.11 Å². The Labute approximate surface area is 116 Å². The predicted molar refractivity (Wildman–Crippen MR) is 78.0 cm³/mol. The maximum atomic E-state index is 9.24. The molecule has 17 heavy (non-hydrogen) atoms. The zero-order valence-electron chi connectivity index (χ0n) is 9.90. The van der Waals surface area contributed by atoms with E-state index in [0.717, 1.165) is 32.6 Å². The number of rotatable bonds is 4. The summed E-state index contributed by atoms with van der Waals surface area (Å²) in [5.41, 5.74) is 1.32. The van der Waals surface area contributed by atoms with Gasteiger partial charge >= 0.3 is 0 Å². The van der Waals surface area contributed by atoms with Gasteiger partial charge in [0.25, 0.3) is 0 Å². The van der Waals surface area contributed by atoms with Gasteiger partial charge in [0.05, 0.1) is 0 Å². The summed E-state index contributed by atoms with van der Waals surface area (Å²) in [5.74, 6) is 0. The Balaban J connectivity index is 2.12. The van der Waals surface area contributed by atoms with Crippen LogP contribution in [0.4, 0.5) is 0 Å². The van der Waals surface area contributed by atoms with E-state index in [1.165, 1.54) is 9.13 Å². The lowest BCUT2D eigenvalue weighted by atomic mass is 10.0. The Kier molecular flexibility index (Phi) is 5.21. The van der Waals surface area contributed by atoms with E-state index in [4.69, 9.17) is 0 Å². The zero-order chi connectivity index (χ0) is 12.1. The maximum Gasteiger partial charge on any atom is 0.0449 e. The van der Waals surface area contributed by atoms with Gasteiger partial charge in [-0.05, 0) is 46.7 Å². The van der Waals surface area contributed by atoms with Crippen molar-refractivity contribution in [3.8, 4) is 0 Å². The van der Waals surface area contributed by atoms with Gasteiger partial charge in [0.1, 0.15) is 0 Å². The van der Waals surface area contributed by atoms with Crippen molar-refractivity contribution in [2.45, 2.75) is 12.5 Å². The third-order valence-electron chi connectivity index (χ3n) is 3.25. The van der Waals surface area contributed by atoms with Crippen LogP contribution in [-0.2, 0) is 0 Å². The van der Waals surface area contributed by atoms with Crippen LogP contribution in [0.1, 0.15) is 18.0 Å². The fourth-order valence-electron chi connectivity index (χ4n) is 2.36. The molecular formula is C13H19IN2O. The number of piperazine rings is 1. The second kappa shape index (κ2) is 6.68. The van der Waals surface area contributed by atoms with Crippen molar-refractivity contribution < 1.29 is 5.11 Å². The van der Waals surface area contributed by atoms with Crippen LogP contribution in [0, 0.1) is 3.57 Å². The Bertz CT molecular complexity index is 336. The second-order valence-electron chi connectivity index (χ2n) is 4.37. The number of nitrogens with zero attached hydrogens (tertiary/aromatic N) is 1. The molecule has 1 saturated heterocycles. The Morgan fingerprint density at radius 2 is 1.88 bits per heavy atom. The second-order valence-corrected chi connectivity index (χ2v) is 5.61. The lowest BCUT2D eigenvalue weighted by molar-refractivity contribution is 0.141. The van der Waals surface area contributed by atoms with Gasteiger partial charge in [0.2, 0.25) is 0 Å². The van der Waals surface area contributed by atoms with Crippen LogP contribution in [0.3, 0.4) is 0 Å². The Morgan fingerprint density at radius 1 is 1.24 bits per heavy atom. The maximum absolute atomic E-state index is 9.24. The summed E-state index contributed by atoms with van der Waals surface area (Å²) in [5, 5.41) is 12.6. The molecule has 4 heteroatoms. The summed E-state index contributed by atoms with van der Waals surface area (Å²) in [6.45, 7) is 4.48. The van der Waals surface area contributed by atoms with Crippen molar-refractivity contribution in [3.05, 3.63) is 33.4 Å². The highest BCUT2D eigenvalue weighted by atomic mass is 127. The first-order valence-electron chi connectivity index (χ1n) is 6.12. The molecule has 1 atom stereocenters. The lowest BCUT2D eigenvalue weighted by Crippen LogP contribution is -2.45. The highest BCUT2D eigenvalue weighted by Gasteiger charge is 2.21.